The molecule has 29 heavy (non-hydrogen) atoms. The highest BCUT2D eigenvalue weighted by molar-refractivity contribution is 7.10. The van der Waals surface area contributed by atoms with Crippen LogP contribution in [0.2, 0.25) is 0 Å². The molecule has 1 aromatic heterocycles. The van der Waals surface area contributed by atoms with E-state index in [9.17, 15) is 14.0 Å². The van der Waals surface area contributed by atoms with Crippen LogP contribution in [-0.2, 0) is 29.0 Å². The summed E-state index contributed by atoms with van der Waals surface area (Å²) in [5.41, 5.74) is 1.14. The standard InChI is InChI=1S/C22H25FN2O3S/c1-28-17-2-3-18(23)16(12-17)13-22(8-4-20(26)24-22)9-5-21(27)25-10-6-19-15(14-25)7-11-29-19/h2-3,7,11-12H,4-6,8-10,13-14H2,1H3,(H,24,26)/t22-/m0/s1. The van der Waals surface area contributed by atoms with Gasteiger partial charge in [-0.3, -0.25) is 9.59 Å². The van der Waals surface area contributed by atoms with Crippen molar-refractivity contribution in [1.82, 2.24) is 10.2 Å². The summed E-state index contributed by atoms with van der Waals surface area (Å²) in [6, 6.07) is 6.73. The maximum atomic E-state index is 14.4. The Kier molecular flexibility index (Phi) is 5.58. The number of halogens is 1. The monoisotopic (exact) mass is 416 g/mol. The van der Waals surface area contributed by atoms with Crippen LogP contribution >= 0.6 is 11.3 Å². The van der Waals surface area contributed by atoms with Crippen molar-refractivity contribution in [2.45, 2.75) is 50.6 Å². The number of thiophene rings is 1. The number of benzene rings is 1. The predicted molar refractivity (Wildman–Crippen MR) is 109 cm³/mol. The lowest BCUT2D eigenvalue weighted by Gasteiger charge is -2.32. The van der Waals surface area contributed by atoms with Gasteiger partial charge in [0.25, 0.3) is 0 Å². The summed E-state index contributed by atoms with van der Waals surface area (Å²) in [5.74, 6) is 0.311. The third kappa shape index (κ3) is 4.29. The molecule has 2 aromatic rings. The van der Waals surface area contributed by atoms with E-state index in [1.54, 1.807) is 30.6 Å². The summed E-state index contributed by atoms with van der Waals surface area (Å²) < 4.78 is 19.6. The Balaban J connectivity index is 1.45. The lowest BCUT2D eigenvalue weighted by Crippen LogP contribution is -2.45. The molecule has 154 valence electrons. The molecule has 0 spiro atoms. The molecule has 2 amide bonds. The van der Waals surface area contributed by atoms with Crippen molar-refractivity contribution in [3.63, 3.8) is 0 Å². The second-order valence-electron chi connectivity index (χ2n) is 7.90. The molecular weight excluding hydrogens is 391 g/mol. The lowest BCUT2D eigenvalue weighted by molar-refractivity contribution is -0.132. The fourth-order valence-electron chi connectivity index (χ4n) is 4.33. The highest BCUT2D eigenvalue weighted by Gasteiger charge is 2.39. The van der Waals surface area contributed by atoms with Crippen LogP contribution in [0.3, 0.4) is 0 Å². The molecule has 0 saturated carbocycles. The predicted octanol–water partition coefficient (Wildman–Crippen LogP) is 3.45. The largest absolute Gasteiger partial charge is 0.497 e. The topological polar surface area (TPSA) is 58.6 Å². The number of amides is 2. The van der Waals surface area contributed by atoms with E-state index in [-0.39, 0.29) is 17.6 Å². The number of fused-ring (bicyclic) bond motifs is 1. The summed E-state index contributed by atoms with van der Waals surface area (Å²) in [5, 5.41) is 5.11. The molecule has 0 bridgehead atoms. The van der Waals surface area contributed by atoms with Crippen molar-refractivity contribution >= 4 is 23.2 Å². The smallest absolute Gasteiger partial charge is 0.222 e. The molecule has 1 saturated heterocycles. The Morgan fingerprint density at radius 1 is 1.34 bits per heavy atom. The van der Waals surface area contributed by atoms with Crippen molar-refractivity contribution in [3.8, 4) is 5.75 Å². The molecule has 0 unspecified atom stereocenters. The van der Waals surface area contributed by atoms with Gasteiger partial charge in [-0.25, -0.2) is 4.39 Å². The van der Waals surface area contributed by atoms with E-state index in [4.69, 9.17) is 4.74 Å². The van der Waals surface area contributed by atoms with Crippen LogP contribution in [0.15, 0.2) is 29.6 Å². The molecular formula is C22H25FN2O3S. The number of hydrogen-bond donors (Lipinski definition) is 1. The molecule has 0 aliphatic carbocycles. The molecule has 1 N–H and O–H groups in total. The van der Waals surface area contributed by atoms with Gasteiger partial charge in [0, 0.05) is 36.3 Å². The molecule has 5 nitrogen and oxygen atoms in total. The first-order valence-corrected chi connectivity index (χ1v) is 10.8. The van der Waals surface area contributed by atoms with E-state index >= 15 is 0 Å². The van der Waals surface area contributed by atoms with Gasteiger partial charge in [0.1, 0.15) is 11.6 Å². The van der Waals surface area contributed by atoms with Crippen LogP contribution in [0.4, 0.5) is 4.39 Å². The molecule has 1 atom stereocenters. The Bertz CT molecular complexity index is 929. The Morgan fingerprint density at radius 3 is 2.97 bits per heavy atom. The summed E-state index contributed by atoms with van der Waals surface area (Å²) >= 11 is 1.75. The van der Waals surface area contributed by atoms with Gasteiger partial charge < -0.3 is 15.0 Å². The zero-order chi connectivity index (χ0) is 20.4. The number of nitrogens with zero attached hydrogens (tertiary/aromatic N) is 1. The Hall–Kier alpha value is -2.41. The molecule has 4 rings (SSSR count). The molecule has 3 heterocycles. The van der Waals surface area contributed by atoms with Crippen LogP contribution in [0, 0.1) is 5.82 Å². The summed E-state index contributed by atoms with van der Waals surface area (Å²) in [6.45, 7) is 1.39. The van der Waals surface area contributed by atoms with Gasteiger partial charge in [0.2, 0.25) is 11.8 Å². The molecule has 7 heteroatoms. The van der Waals surface area contributed by atoms with Gasteiger partial charge in [0.05, 0.1) is 7.11 Å². The number of methoxy groups -OCH3 is 1. The van der Waals surface area contributed by atoms with Gasteiger partial charge in [-0.05, 0) is 66.5 Å². The number of carbonyl (C=O) groups is 2. The first kappa shape index (κ1) is 19.9. The lowest BCUT2D eigenvalue weighted by atomic mass is 9.84. The number of ether oxygens (including phenoxy) is 1. The van der Waals surface area contributed by atoms with Crippen molar-refractivity contribution in [3.05, 3.63) is 51.5 Å². The quantitative estimate of drug-likeness (QED) is 0.785. The third-order valence-electron chi connectivity index (χ3n) is 5.99. The zero-order valence-corrected chi connectivity index (χ0v) is 17.3. The van der Waals surface area contributed by atoms with Crippen LogP contribution in [-0.4, -0.2) is 35.9 Å². The molecule has 2 aliphatic heterocycles. The minimum Gasteiger partial charge on any atom is -0.497 e. The number of hydrogen-bond acceptors (Lipinski definition) is 4. The minimum absolute atomic E-state index is 0.0401. The average molecular weight is 417 g/mol. The van der Waals surface area contributed by atoms with Gasteiger partial charge in [-0.15, -0.1) is 11.3 Å². The van der Waals surface area contributed by atoms with E-state index in [2.05, 4.69) is 16.8 Å². The average Bonchev–Trinajstić information content (AvgIpc) is 3.34. The highest BCUT2D eigenvalue weighted by atomic mass is 32.1. The van der Waals surface area contributed by atoms with E-state index in [1.807, 2.05) is 4.90 Å². The van der Waals surface area contributed by atoms with E-state index in [0.717, 1.165) is 13.0 Å². The van der Waals surface area contributed by atoms with Crippen molar-refractivity contribution in [2.24, 2.45) is 0 Å². The van der Waals surface area contributed by atoms with Gasteiger partial charge >= 0.3 is 0 Å². The minimum atomic E-state index is -0.594. The summed E-state index contributed by atoms with van der Waals surface area (Å²) in [4.78, 5) is 28.1. The maximum Gasteiger partial charge on any atom is 0.222 e. The van der Waals surface area contributed by atoms with Gasteiger partial charge in [0.15, 0.2) is 0 Å². The zero-order valence-electron chi connectivity index (χ0n) is 16.5. The molecule has 1 aromatic carbocycles. The van der Waals surface area contributed by atoms with E-state index < -0.39 is 5.54 Å². The SMILES string of the molecule is COc1ccc(F)c(C[C@@]2(CCC(=O)N3CCc4sccc4C3)CCC(=O)N2)c1. The normalized spacial score (nSPS) is 21.0. The van der Waals surface area contributed by atoms with Crippen LogP contribution in [0.1, 0.15) is 41.7 Å². The van der Waals surface area contributed by atoms with Crippen molar-refractivity contribution < 1.29 is 18.7 Å². The molecule has 0 radical (unpaired) electrons. The molecule has 1 fully saturated rings. The van der Waals surface area contributed by atoms with Crippen LogP contribution in [0.5, 0.6) is 5.75 Å². The first-order chi connectivity index (χ1) is 14.0. The number of carbonyl (C=O) groups excluding carboxylic acids is 2. The van der Waals surface area contributed by atoms with Gasteiger partial charge in [-0.1, -0.05) is 0 Å². The Labute approximate surface area is 173 Å². The van der Waals surface area contributed by atoms with Crippen molar-refractivity contribution in [1.29, 1.82) is 0 Å². The van der Waals surface area contributed by atoms with E-state index in [1.165, 1.54) is 16.5 Å². The van der Waals surface area contributed by atoms with Crippen molar-refractivity contribution in [2.75, 3.05) is 13.7 Å². The highest BCUT2D eigenvalue weighted by Crippen LogP contribution is 2.32. The second kappa shape index (κ2) is 8.14. The van der Waals surface area contributed by atoms with Gasteiger partial charge in [-0.2, -0.15) is 0 Å². The molecule has 2 aliphatic rings. The van der Waals surface area contributed by atoms with Crippen LogP contribution < -0.4 is 10.1 Å². The fourth-order valence-corrected chi connectivity index (χ4v) is 5.22. The Morgan fingerprint density at radius 2 is 2.21 bits per heavy atom. The summed E-state index contributed by atoms with van der Waals surface area (Å²) in [7, 11) is 1.54. The summed E-state index contributed by atoms with van der Waals surface area (Å²) in [6.07, 6.45) is 3.10. The van der Waals surface area contributed by atoms with E-state index in [0.29, 0.717) is 50.0 Å². The van der Waals surface area contributed by atoms with Crippen LogP contribution in [0.25, 0.3) is 0 Å². The third-order valence-corrected chi connectivity index (χ3v) is 7.02. The first-order valence-electron chi connectivity index (χ1n) is 9.94. The maximum absolute atomic E-state index is 14.4. The fraction of sp³-hybridized carbons (Fsp3) is 0.455. The number of nitrogens with one attached hydrogen (secondary N) is 1. The number of rotatable bonds is 6. The second-order valence-corrected chi connectivity index (χ2v) is 8.90.